The lowest BCUT2D eigenvalue weighted by Crippen LogP contribution is -2.40. The monoisotopic (exact) mass is 368 g/mol. The molecule has 0 spiro atoms. The van der Waals surface area contributed by atoms with E-state index >= 15 is 0 Å². The molecule has 0 aliphatic rings. The van der Waals surface area contributed by atoms with Gasteiger partial charge >= 0.3 is 0 Å². The van der Waals surface area contributed by atoms with Gasteiger partial charge in [0.15, 0.2) is 0 Å². The van der Waals surface area contributed by atoms with Gasteiger partial charge in [-0.05, 0) is 24.6 Å². The Morgan fingerprint density at radius 2 is 2.00 bits per heavy atom. The lowest BCUT2D eigenvalue weighted by atomic mass is 10.2. The second kappa shape index (κ2) is 8.69. The summed E-state index contributed by atoms with van der Waals surface area (Å²) in [6.07, 6.45) is 2.32. The second-order valence-corrected chi connectivity index (χ2v) is 7.41. The predicted octanol–water partition coefficient (Wildman–Crippen LogP) is 2.68. The molecule has 1 amide bonds. The number of hydrogen-bond donors (Lipinski definition) is 2. The van der Waals surface area contributed by atoms with Gasteiger partial charge in [-0.15, -0.1) is 0 Å². The minimum absolute atomic E-state index is 0.0163. The minimum Gasteiger partial charge on any atom is -0.289 e. The molecule has 0 aromatic heterocycles. The summed E-state index contributed by atoms with van der Waals surface area (Å²) in [4.78, 5) is 11.2. The molecule has 0 saturated heterocycles. The first-order valence-electron chi connectivity index (χ1n) is 6.71. The van der Waals surface area contributed by atoms with E-state index in [9.17, 15) is 13.2 Å². The maximum Gasteiger partial charge on any atom is 0.258 e. The van der Waals surface area contributed by atoms with E-state index in [1.54, 1.807) is 0 Å². The number of hydrogen-bond acceptors (Lipinski definition) is 4. The van der Waals surface area contributed by atoms with Crippen molar-refractivity contribution >= 4 is 39.1 Å². The number of benzene rings is 1. The Morgan fingerprint density at radius 1 is 1.32 bits per heavy atom. The Bertz CT molecular complexity index is 622. The van der Waals surface area contributed by atoms with E-state index in [-0.39, 0.29) is 16.5 Å². The van der Waals surface area contributed by atoms with Gasteiger partial charge in [0, 0.05) is 11.6 Å². The zero-order valence-electron chi connectivity index (χ0n) is 12.1. The molecule has 0 aliphatic heterocycles. The van der Waals surface area contributed by atoms with E-state index in [1.165, 1.54) is 23.7 Å². The topological polar surface area (TPSA) is 86.7 Å². The molecule has 0 aliphatic carbocycles. The minimum atomic E-state index is -3.96. The highest BCUT2D eigenvalue weighted by molar-refractivity contribution is 7.89. The zero-order chi connectivity index (χ0) is 16.8. The van der Waals surface area contributed by atoms with Crippen LogP contribution in [0, 0.1) is 0 Å². The number of halogens is 2. The number of sulfonamides is 1. The molecule has 0 unspecified atom stereocenters. The highest BCUT2D eigenvalue weighted by Crippen LogP contribution is 2.27. The number of amides is 1. The highest BCUT2D eigenvalue weighted by atomic mass is 35.5. The molecule has 0 atom stereocenters. The summed E-state index contributed by atoms with van der Waals surface area (Å²) in [6.45, 7) is 1.65. The van der Waals surface area contributed by atoms with Gasteiger partial charge in [0.1, 0.15) is 4.90 Å². The van der Waals surface area contributed by atoms with Crippen molar-refractivity contribution in [1.82, 2.24) is 9.79 Å². The molecule has 124 valence electrons. The Morgan fingerprint density at radius 3 is 2.55 bits per heavy atom. The van der Waals surface area contributed by atoms with E-state index in [1.807, 2.05) is 6.92 Å². The van der Waals surface area contributed by atoms with Crippen LogP contribution >= 0.6 is 23.2 Å². The molecule has 1 aromatic carbocycles. The lowest BCUT2D eigenvalue weighted by molar-refractivity contribution is -0.129. The average Bonchev–Trinajstić information content (AvgIpc) is 2.45. The summed E-state index contributed by atoms with van der Waals surface area (Å²) in [5.41, 5.74) is 1.43. The predicted molar refractivity (Wildman–Crippen MR) is 84.7 cm³/mol. The van der Waals surface area contributed by atoms with Crippen LogP contribution in [0.5, 0.6) is 0 Å². The molecule has 22 heavy (non-hydrogen) atoms. The maximum absolute atomic E-state index is 12.6. The SMILES string of the molecule is CCCCCN(CC(=O)NO)S(=O)(=O)c1ccc(Cl)cc1Cl. The normalized spacial score (nSPS) is 11.7. The highest BCUT2D eigenvalue weighted by Gasteiger charge is 2.28. The molecule has 0 heterocycles. The number of carbonyl (C=O) groups is 1. The number of unbranched alkanes of at least 4 members (excludes halogenated alkanes) is 2. The molecular formula is C13H18Cl2N2O4S. The molecule has 1 aromatic rings. The van der Waals surface area contributed by atoms with E-state index in [2.05, 4.69) is 0 Å². The summed E-state index contributed by atoms with van der Waals surface area (Å²) in [7, 11) is -3.96. The van der Waals surface area contributed by atoms with Gasteiger partial charge in [0.2, 0.25) is 10.0 Å². The van der Waals surface area contributed by atoms with Crippen molar-refractivity contribution < 1.29 is 18.4 Å². The van der Waals surface area contributed by atoms with E-state index < -0.39 is 22.5 Å². The molecule has 0 bridgehead atoms. The van der Waals surface area contributed by atoms with Crippen LogP contribution < -0.4 is 5.48 Å². The van der Waals surface area contributed by atoms with Crippen molar-refractivity contribution in [2.75, 3.05) is 13.1 Å². The van der Waals surface area contributed by atoms with Gasteiger partial charge < -0.3 is 0 Å². The fourth-order valence-electron chi connectivity index (χ4n) is 1.84. The number of rotatable bonds is 8. The van der Waals surface area contributed by atoms with Crippen LogP contribution in [-0.2, 0) is 14.8 Å². The van der Waals surface area contributed by atoms with Crippen molar-refractivity contribution in [3.63, 3.8) is 0 Å². The standard InChI is InChI=1S/C13H18Cl2N2O4S/c1-2-3-4-7-17(9-13(18)16-19)22(20,21)12-6-5-10(14)8-11(12)15/h5-6,8,19H,2-4,7,9H2,1H3,(H,16,18). The molecule has 0 saturated carbocycles. The average molecular weight is 369 g/mol. The Labute approximate surface area is 140 Å². The van der Waals surface area contributed by atoms with Gasteiger partial charge in [0.25, 0.3) is 5.91 Å². The van der Waals surface area contributed by atoms with Crippen molar-refractivity contribution in [2.45, 2.75) is 31.1 Å². The Balaban J connectivity index is 3.10. The first-order valence-corrected chi connectivity index (χ1v) is 8.90. The van der Waals surface area contributed by atoms with Crippen molar-refractivity contribution in [3.05, 3.63) is 28.2 Å². The van der Waals surface area contributed by atoms with Crippen LogP contribution in [0.15, 0.2) is 23.1 Å². The van der Waals surface area contributed by atoms with Crippen LogP contribution in [0.4, 0.5) is 0 Å². The van der Waals surface area contributed by atoms with Gasteiger partial charge in [-0.25, -0.2) is 13.9 Å². The van der Waals surface area contributed by atoms with Gasteiger partial charge in [-0.1, -0.05) is 43.0 Å². The maximum atomic E-state index is 12.6. The lowest BCUT2D eigenvalue weighted by Gasteiger charge is -2.21. The molecule has 9 heteroatoms. The van der Waals surface area contributed by atoms with Gasteiger partial charge in [-0.3, -0.25) is 10.0 Å². The number of carbonyl (C=O) groups excluding carboxylic acids is 1. The fraction of sp³-hybridized carbons (Fsp3) is 0.462. The van der Waals surface area contributed by atoms with Crippen molar-refractivity contribution in [1.29, 1.82) is 0 Å². The largest absolute Gasteiger partial charge is 0.289 e. The molecule has 0 radical (unpaired) electrons. The second-order valence-electron chi connectivity index (χ2n) is 4.66. The quantitative estimate of drug-likeness (QED) is 0.419. The first kappa shape index (κ1) is 19.2. The zero-order valence-corrected chi connectivity index (χ0v) is 14.4. The Kier molecular flexibility index (Phi) is 7.58. The van der Waals surface area contributed by atoms with E-state index in [4.69, 9.17) is 28.4 Å². The van der Waals surface area contributed by atoms with Crippen LogP contribution in [0.3, 0.4) is 0 Å². The number of nitrogens with one attached hydrogen (secondary N) is 1. The van der Waals surface area contributed by atoms with Crippen LogP contribution in [0.1, 0.15) is 26.2 Å². The third-order valence-corrected chi connectivity index (χ3v) is 5.53. The van der Waals surface area contributed by atoms with E-state index in [0.29, 0.717) is 11.4 Å². The Hall–Kier alpha value is -0.860. The molecule has 0 fully saturated rings. The molecular weight excluding hydrogens is 351 g/mol. The van der Waals surface area contributed by atoms with Crippen LogP contribution in [-0.4, -0.2) is 36.9 Å². The van der Waals surface area contributed by atoms with Gasteiger partial charge in [0.05, 0.1) is 11.6 Å². The fourth-order valence-corrected chi connectivity index (χ4v) is 4.02. The third kappa shape index (κ3) is 5.10. The smallest absolute Gasteiger partial charge is 0.258 e. The summed E-state index contributed by atoms with van der Waals surface area (Å²) >= 11 is 11.7. The number of hydroxylamine groups is 1. The summed E-state index contributed by atoms with van der Waals surface area (Å²) < 4.78 is 26.3. The molecule has 1 rings (SSSR count). The van der Waals surface area contributed by atoms with Crippen LogP contribution in [0.2, 0.25) is 10.0 Å². The van der Waals surface area contributed by atoms with Crippen molar-refractivity contribution in [3.8, 4) is 0 Å². The molecule has 2 N–H and O–H groups in total. The first-order chi connectivity index (χ1) is 10.3. The third-order valence-electron chi connectivity index (χ3n) is 2.97. The van der Waals surface area contributed by atoms with Crippen LogP contribution in [0.25, 0.3) is 0 Å². The van der Waals surface area contributed by atoms with Crippen molar-refractivity contribution in [2.24, 2.45) is 0 Å². The summed E-state index contributed by atoms with van der Waals surface area (Å²) in [5.74, 6) is -0.815. The van der Waals surface area contributed by atoms with Gasteiger partial charge in [-0.2, -0.15) is 4.31 Å². The summed E-state index contributed by atoms with van der Waals surface area (Å²) in [6, 6.07) is 4.03. The molecule has 6 nitrogen and oxygen atoms in total. The number of nitrogens with zero attached hydrogens (tertiary/aromatic N) is 1. The van der Waals surface area contributed by atoms with E-state index in [0.717, 1.165) is 17.1 Å². The summed E-state index contributed by atoms with van der Waals surface area (Å²) in [5, 5.41) is 8.92.